The predicted molar refractivity (Wildman–Crippen MR) is 149 cm³/mol. The average Bonchev–Trinajstić information content (AvgIpc) is 3.45. The van der Waals surface area contributed by atoms with Gasteiger partial charge in [-0.3, -0.25) is 0 Å². The number of fused-ring (bicyclic) bond motifs is 1. The van der Waals surface area contributed by atoms with Crippen molar-refractivity contribution in [1.82, 2.24) is 25.5 Å². The third-order valence-corrected chi connectivity index (χ3v) is 8.27. The zero-order chi connectivity index (χ0) is 24.9. The molecule has 36 heavy (non-hydrogen) atoms. The van der Waals surface area contributed by atoms with Gasteiger partial charge in [-0.15, -0.1) is 11.3 Å². The number of nitrogens with zero attached hydrogens (tertiary/aromatic N) is 4. The molecule has 0 spiro atoms. The lowest BCUT2D eigenvalue weighted by molar-refractivity contribution is 0.148. The minimum Gasteiger partial charge on any atom is -0.493 e. The van der Waals surface area contributed by atoms with Crippen molar-refractivity contribution in [2.75, 3.05) is 44.7 Å². The molecule has 2 aromatic heterocycles. The first-order chi connectivity index (χ1) is 17.6. The second-order valence-electron chi connectivity index (χ2n) is 9.31. The molecule has 2 atom stereocenters. The van der Waals surface area contributed by atoms with Gasteiger partial charge in [-0.25, -0.2) is 9.97 Å². The summed E-state index contributed by atoms with van der Waals surface area (Å²) in [4.78, 5) is 15.0. The summed E-state index contributed by atoms with van der Waals surface area (Å²) in [5, 5.41) is 10.8. The van der Waals surface area contributed by atoms with E-state index in [1.165, 1.54) is 17.7 Å². The maximum absolute atomic E-state index is 6.37. The summed E-state index contributed by atoms with van der Waals surface area (Å²) in [5.74, 6) is 2.35. The van der Waals surface area contributed by atoms with Crippen LogP contribution in [0.2, 0.25) is 0 Å². The van der Waals surface area contributed by atoms with Crippen molar-refractivity contribution >= 4 is 45.4 Å². The fourth-order valence-electron chi connectivity index (χ4n) is 4.92. The molecule has 0 saturated carbocycles. The van der Waals surface area contributed by atoms with Crippen molar-refractivity contribution < 1.29 is 9.47 Å². The van der Waals surface area contributed by atoms with Gasteiger partial charge in [0.1, 0.15) is 18.2 Å². The highest BCUT2D eigenvalue weighted by Gasteiger charge is 2.25. The van der Waals surface area contributed by atoms with E-state index in [1.807, 2.05) is 12.1 Å². The number of hydrogen-bond donors (Lipinski definition) is 2. The lowest BCUT2D eigenvalue weighted by Crippen LogP contribution is -2.51. The summed E-state index contributed by atoms with van der Waals surface area (Å²) in [7, 11) is 1.68. The van der Waals surface area contributed by atoms with Crippen LogP contribution in [-0.2, 0) is 6.54 Å². The molecule has 1 aromatic carbocycles. The monoisotopic (exact) mass is 526 g/mol. The van der Waals surface area contributed by atoms with E-state index in [0.717, 1.165) is 73.3 Å². The number of aromatic nitrogens is 2. The molecule has 0 amide bonds. The molecule has 2 aliphatic rings. The Kier molecular flexibility index (Phi) is 8.03. The number of nitrogens with one attached hydrogen (secondary N) is 2. The van der Waals surface area contributed by atoms with Crippen LogP contribution < -0.4 is 25.0 Å². The van der Waals surface area contributed by atoms with E-state index in [2.05, 4.69) is 54.8 Å². The van der Waals surface area contributed by atoms with Crippen LogP contribution in [0.4, 0.5) is 5.82 Å². The van der Waals surface area contributed by atoms with Crippen molar-refractivity contribution in [3.05, 3.63) is 40.8 Å². The summed E-state index contributed by atoms with van der Waals surface area (Å²) in [5.41, 5.74) is 0.857. The molecule has 4 heterocycles. The normalized spacial score (nSPS) is 19.2. The maximum atomic E-state index is 6.37. The summed E-state index contributed by atoms with van der Waals surface area (Å²) in [6.07, 6.45) is 5.28. The Labute approximate surface area is 222 Å². The van der Waals surface area contributed by atoms with E-state index in [4.69, 9.17) is 21.7 Å². The van der Waals surface area contributed by atoms with Crippen molar-refractivity contribution in [3.63, 3.8) is 0 Å². The molecule has 8 nitrogen and oxygen atoms in total. The van der Waals surface area contributed by atoms with Crippen molar-refractivity contribution in [2.45, 2.75) is 44.9 Å². The number of piperazine rings is 1. The molecular formula is C26H34N6O2S2. The molecule has 2 aliphatic heterocycles. The van der Waals surface area contributed by atoms with E-state index >= 15 is 0 Å². The van der Waals surface area contributed by atoms with E-state index in [1.54, 1.807) is 24.8 Å². The standard InChI is InChI=1S/C26H34N6O2S2/c1-18(21-7-3-4-8-27-21)34-24-15-22-20(14-23(24)33-2)25(30-17-29-22)31-9-11-32(12-10-31)26(35)28-16-19-6-5-13-36-19/h5-6,13-15,17-18,21,27H,3-4,7-12,16H2,1-2H3,(H,28,35). The lowest BCUT2D eigenvalue weighted by atomic mass is 10.0. The smallest absolute Gasteiger partial charge is 0.169 e. The van der Waals surface area contributed by atoms with Crippen molar-refractivity contribution in [2.24, 2.45) is 0 Å². The lowest BCUT2D eigenvalue weighted by Gasteiger charge is -2.37. The van der Waals surface area contributed by atoms with Gasteiger partial charge in [0.25, 0.3) is 0 Å². The van der Waals surface area contributed by atoms with E-state index in [-0.39, 0.29) is 6.10 Å². The largest absolute Gasteiger partial charge is 0.493 e. The zero-order valence-corrected chi connectivity index (χ0v) is 22.5. The Morgan fingerprint density at radius 3 is 2.81 bits per heavy atom. The SMILES string of the molecule is COc1cc2c(N3CCN(C(=S)NCc4cccs4)CC3)ncnc2cc1OC(C)C1CCCCN1. The minimum atomic E-state index is 0.0447. The van der Waals surface area contributed by atoms with Crippen molar-refractivity contribution in [1.29, 1.82) is 0 Å². The van der Waals surface area contributed by atoms with Gasteiger partial charge in [-0.2, -0.15) is 0 Å². The van der Waals surface area contributed by atoms with Crippen LogP contribution in [0.3, 0.4) is 0 Å². The molecule has 10 heteroatoms. The quantitative estimate of drug-likeness (QED) is 0.447. The summed E-state index contributed by atoms with van der Waals surface area (Å²) >= 11 is 7.39. The first-order valence-electron chi connectivity index (χ1n) is 12.7. The van der Waals surface area contributed by atoms with Crippen molar-refractivity contribution in [3.8, 4) is 11.5 Å². The second kappa shape index (κ2) is 11.6. The van der Waals surface area contributed by atoms with Gasteiger partial charge in [0, 0.05) is 48.6 Å². The van der Waals surface area contributed by atoms with E-state index in [0.29, 0.717) is 11.8 Å². The third-order valence-electron chi connectivity index (χ3n) is 6.99. The van der Waals surface area contributed by atoms with Gasteiger partial charge < -0.3 is 29.9 Å². The Bertz CT molecular complexity index is 1160. The highest BCUT2D eigenvalue weighted by atomic mass is 32.1. The molecular weight excluding hydrogens is 492 g/mol. The molecule has 0 aliphatic carbocycles. The first kappa shape index (κ1) is 25.0. The molecule has 0 bridgehead atoms. The molecule has 2 saturated heterocycles. The van der Waals surface area contributed by atoms with E-state index in [9.17, 15) is 0 Å². The third kappa shape index (κ3) is 5.66. The summed E-state index contributed by atoms with van der Waals surface area (Å²) in [6, 6.07) is 8.53. The number of hydrogen-bond acceptors (Lipinski definition) is 8. The summed E-state index contributed by atoms with van der Waals surface area (Å²) in [6.45, 7) is 7.28. The van der Waals surface area contributed by atoms with Gasteiger partial charge in [-0.05, 0) is 56.0 Å². The Morgan fingerprint density at radius 2 is 2.08 bits per heavy atom. The second-order valence-corrected chi connectivity index (χ2v) is 10.7. The van der Waals surface area contributed by atoms with Crippen LogP contribution in [0.5, 0.6) is 11.5 Å². The number of anilines is 1. The van der Waals surface area contributed by atoms with Gasteiger partial charge in [0.2, 0.25) is 0 Å². The van der Waals surface area contributed by atoms with Gasteiger partial charge in [0.15, 0.2) is 16.6 Å². The summed E-state index contributed by atoms with van der Waals surface area (Å²) < 4.78 is 12.1. The fraction of sp³-hybridized carbons (Fsp3) is 0.500. The number of benzene rings is 1. The predicted octanol–water partition coefficient (Wildman–Crippen LogP) is 3.81. The highest BCUT2D eigenvalue weighted by molar-refractivity contribution is 7.80. The van der Waals surface area contributed by atoms with Crippen LogP contribution in [0.15, 0.2) is 36.0 Å². The van der Waals surface area contributed by atoms with Gasteiger partial charge >= 0.3 is 0 Å². The topological polar surface area (TPSA) is 74.8 Å². The molecule has 2 fully saturated rings. The van der Waals surface area contributed by atoms with Gasteiger partial charge in [-0.1, -0.05) is 12.5 Å². The molecule has 3 aromatic rings. The number of thiophene rings is 1. The highest BCUT2D eigenvalue weighted by Crippen LogP contribution is 2.36. The Morgan fingerprint density at radius 1 is 1.22 bits per heavy atom. The fourth-order valence-corrected chi connectivity index (χ4v) is 5.82. The molecule has 2 unspecified atom stereocenters. The van der Waals surface area contributed by atoms with Crippen LogP contribution in [-0.4, -0.2) is 72.0 Å². The van der Waals surface area contributed by atoms with Gasteiger partial charge in [0.05, 0.1) is 19.2 Å². The number of ether oxygens (including phenoxy) is 2. The number of rotatable bonds is 7. The molecule has 2 N–H and O–H groups in total. The van der Waals surface area contributed by atoms with E-state index < -0.39 is 0 Å². The number of thiocarbonyl (C=S) groups is 1. The average molecular weight is 527 g/mol. The Balaban J connectivity index is 1.27. The van der Waals surface area contributed by atoms with Crippen LogP contribution in [0, 0.1) is 0 Å². The Hall–Kier alpha value is -2.69. The maximum Gasteiger partial charge on any atom is 0.169 e. The van der Waals surface area contributed by atoms with Crippen LogP contribution in [0.1, 0.15) is 31.1 Å². The molecule has 5 rings (SSSR count). The number of methoxy groups -OCH3 is 1. The van der Waals surface area contributed by atoms with Crippen LogP contribution >= 0.6 is 23.6 Å². The molecule has 0 radical (unpaired) electrons. The molecule has 192 valence electrons. The minimum absolute atomic E-state index is 0.0447. The number of piperidine rings is 1. The van der Waals surface area contributed by atoms with Crippen LogP contribution in [0.25, 0.3) is 10.9 Å². The first-order valence-corrected chi connectivity index (χ1v) is 13.9. The zero-order valence-electron chi connectivity index (χ0n) is 20.9.